The van der Waals surface area contributed by atoms with E-state index < -0.39 is 18.5 Å². The van der Waals surface area contributed by atoms with E-state index in [1.54, 1.807) is 30.3 Å². The number of hydrogen-bond donors (Lipinski definition) is 1. The van der Waals surface area contributed by atoms with Crippen molar-refractivity contribution in [2.75, 3.05) is 16.8 Å². The molecule has 138 valence electrons. The second kappa shape index (κ2) is 8.13. The highest BCUT2D eigenvalue weighted by Crippen LogP contribution is 2.24. The third-order valence-electron chi connectivity index (χ3n) is 3.87. The molecule has 1 saturated heterocycles. The largest absolute Gasteiger partial charge is 0.452 e. The summed E-state index contributed by atoms with van der Waals surface area (Å²) in [5.74, 6) is -1.83. The lowest BCUT2D eigenvalue weighted by Crippen LogP contribution is -2.28. The maximum Gasteiger partial charge on any atom is 0.338 e. The molecule has 2 aromatic carbocycles. The van der Waals surface area contributed by atoms with Gasteiger partial charge in [0.2, 0.25) is 11.8 Å². The zero-order valence-corrected chi connectivity index (χ0v) is 15.7. The lowest BCUT2D eigenvalue weighted by atomic mass is 10.2. The summed E-state index contributed by atoms with van der Waals surface area (Å²) in [4.78, 5) is 48.8. The predicted octanol–water partition coefficient (Wildman–Crippen LogP) is 2.90. The number of carbonyl (C=O) groups is 4. The molecule has 0 radical (unpaired) electrons. The molecule has 0 aliphatic carbocycles. The molecule has 1 aliphatic rings. The van der Waals surface area contributed by atoms with Crippen molar-refractivity contribution >= 4 is 51.0 Å². The van der Waals surface area contributed by atoms with Crippen LogP contribution in [0.5, 0.6) is 0 Å². The van der Waals surface area contributed by atoms with Crippen LogP contribution < -0.4 is 10.2 Å². The number of amides is 3. The Hall–Kier alpha value is -3.00. The summed E-state index contributed by atoms with van der Waals surface area (Å²) in [7, 11) is 0. The van der Waals surface area contributed by atoms with Crippen LogP contribution in [-0.2, 0) is 19.1 Å². The number of rotatable bonds is 5. The van der Waals surface area contributed by atoms with Crippen LogP contribution in [0, 0.1) is 0 Å². The summed E-state index contributed by atoms with van der Waals surface area (Å²) in [6.07, 6.45) is 0.311. The van der Waals surface area contributed by atoms with E-state index in [-0.39, 0.29) is 30.2 Å². The maximum atomic E-state index is 12.2. The first-order valence-corrected chi connectivity index (χ1v) is 8.92. The highest BCUT2D eigenvalue weighted by atomic mass is 79.9. The van der Waals surface area contributed by atoms with E-state index in [0.717, 1.165) is 4.90 Å². The number of hydrogen-bond acceptors (Lipinski definition) is 5. The van der Waals surface area contributed by atoms with Crippen molar-refractivity contribution in [1.29, 1.82) is 0 Å². The monoisotopic (exact) mass is 430 g/mol. The van der Waals surface area contributed by atoms with Gasteiger partial charge in [0.05, 0.1) is 16.9 Å². The molecule has 3 rings (SSSR count). The smallest absolute Gasteiger partial charge is 0.338 e. The molecule has 1 N–H and O–H groups in total. The van der Waals surface area contributed by atoms with Gasteiger partial charge in [0.1, 0.15) is 0 Å². The van der Waals surface area contributed by atoms with Gasteiger partial charge >= 0.3 is 5.97 Å². The van der Waals surface area contributed by atoms with E-state index >= 15 is 0 Å². The van der Waals surface area contributed by atoms with Gasteiger partial charge in [-0.25, -0.2) is 4.79 Å². The zero-order valence-electron chi connectivity index (χ0n) is 14.1. The van der Waals surface area contributed by atoms with E-state index in [4.69, 9.17) is 4.74 Å². The molecule has 8 heteroatoms. The average molecular weight is 431 g/mol. The predicted molar refractivity (Wildman–Crippen MR) is 101 cm³/mol. The minimum Gasteiger partial charge on any atom is -0.452 e. The zero-order chi connectivity index (χ0) is 19.4. The van der Waals surface area contributed by atoms with Gasteiger partial charge in [0.25, 0.3) is 5.91 Å². The number of anilines is 2. The molecule has 3 amide bonds. The fraction of sp³-hybridized carbons (Fsp3) is 0.158. The summed E-state index contributed by atoms with van der Waals surface area (Å²) < 4.78 is 5.72. The second-order valence-electron chi connectivity index (χ2n) is 5.78. The van der Waals surface area contributed by atoms with Crippen LogP contribution in [0.2, 0.25) is 0 Å². The van der Waals surface area contributed by atoms with Crippen molar-refractivity contribution < 1.29 is 23.9 Å². The van der Waals surface area contributed by atoms with E-state index in [0.29, 0.717) is 15.8 Å². The fourth-order valence-electron chi connectivity index (χ4n) is 2.60. The van der Waals surface area contributed by atoms with E-state index in [9.17, 15) is 19.2 Å². The summed E-state index contributed by atoms with van der Waals surface area (Å²) in [5.41, 5.74) is 1.02. The SMILES string of the molecule is O=C(COC(=O)c1cccc(N2C(=O)CCC2=O)c1)Nc1ccccc1Br. The lowest BCUT2D eigenvalue weighted by Gasteiger charge is -2.14. The van der Waals surface area contributed by atoms with Crippen LogP contribution in [0.25, 0.3) is 0 Å². The minimum atomic E-state index is -0.724. The van der Waals surface area contributed by atoms with Crippen LogP contribution in [-0.4, -0.2) is 30.3 Å². The quantitative estimate of drug-likeness (QED) is 0.581. The molecule has 0 atom stereocenters. The Morgan fingerprint density at radius 1 is 1.04 bits per heavy atom. The molecule has 0 saturated carbocycles. The van der Waals surface area contributed by atoms with E-state index in [1.165, 1.54) is 12.1 Å². The number of para-hydroxylation sites is 1. The number of nitrogens with zero attached hydrogens (tertiary/aromatic N) is 1. The molecule has 0 bridgehead atoms. The molecular weight excluding hydrogens is 416 g/mol. The van der Waals surface area contributed by atoms with Crippen LogP contribution in [0.1, 0.15) is 23.2 Å². The second-order valence-corrected chi connectivity index (χ2v) is 6.63. The molecule has 1 fully saturated rings. The van der Waals surface area contributed by atoms with Gasteiger partial charge in [-0.3, -0.25) is 19.3 Å². The number of ether oxygens (including phenoxy) is 1. The number of nitrogens with one attached hydrogen (secondary N) is 1. The topological polar surface area (TPSA) is 92.8 Å². The molecule has 0 unspecified atom stereocenters. The Kier molecular flexibility index (Phi) is 5.66. The van der Waals surface area contributed by atoms with Crippen molar-refractivity contribution in [2.45, 2.75) is 12.8 Å². The molecule has 27 heavy (non-hydrogen) atoms. The first-order chi connectivity index (χ1) is 13.0. The number of imide groups is 1. The Bertz CT molecular complexity index is 912. The van der Waals surface area contributed by atoms with Crippen LogP contribution in [0.15, 0.2) is 53.0 Å². The Labute approximate surface area is 163 Å². The normalized spacial score (nSPS) is 13.6. The highest BCUT2D eigenvalue weighted by Gasteiger charge is 2.30. The van der Waals surface area contributed by atoms with E-state index in [2.05, 4.69) is 21.2 Å². The third kappa shape index (κ3) is 4.40. The summed E-state index contributed by atoms with van der Waals surface area (Å²) in [5, 5.41) is 2.62. The van der Waals surface area contributed by atoms with Crippen molar-refractivity contribution in [3.05, 3.63) is 58.6 Å². The van der Waals surface area contributed by atoms with Crippen LogP contribution in [0.3, 0.4) is 0 Å². The Morgan fingerprint density at radius 2 is 1.74 bits per heavy atom. The first-order valence-electron chi connectivity index (χ1n) is 8.13. The standard InChI is InChI=1S/C19H15BrN2O5/c20-14-6-1-2-7-15(14)21-16(23)11-27-19(26)12-4-3-5-13(10-12)22-17(24)8-9-18(22)25/h1-7,10H,8-9,11H2,(H,21,23). The molecule has 1 heterocycles. The highest BCUT2D eigenvalue weighted by molar-refractivity contribution is 9.10. The minimum absolute atomic E-state index is 0.147. The molecule has 1 aliphatic heterocycles. The van der Waals surface area contributed by atoms with Gasteiger partial charge in [-0.05, 0) is 46.3 Å². The molecule has 2 aromatic rings. The molecule has 0 spiro atoms. The third-order valence-corrected chi connectivity index (χ3v) is 4.57. The van der Waals surface area contributed by atoms with Gasteiger partial charge in [0, 0.05) is 17.3 Å². The molecule has 7 nitrogen and oxygen atoms in total. The van der Waals surface area contributed by atoms with Gasteiger partial charge in [0.15, 0.2) is 6.61 Å². The van der Waals surface area contributed by atoms with Gasteiger partial charge in [-0.2, -0.15) is 0 Å². The van der Waals surface area contributed by atoms with Crippen LogP contribution >= 0.6 is 15.9 Å². The lowest BCUT2D eigenvalue weighted by molar-refractivity contribution is -0.121. The molecular formula is C19H15BrN2O5. The van der Waals surface area contributed by atoms with Crippen molar-refractivity contribution in [3.8, 4) is 0 Å². The molecule has 0 aromatic heterocycles. The number of carbonyl (C=O) groups excluding carboxylic acids is 4. The van der Waals surface area contributed by atoms with Crippen molar-refractivity contribution in [2.24, 2.45) is 0 Å². The van der Waals surface area contributed by atoms with E-state index in [1.807, 2.05) is 6.07 Å². The summed E-state index contributed by atoms with van der Waals surface area (Å²) >= 11 is 3.31. The summed E-state index contributed by atoms with van der Waals surface area (Å²) in [6.45, 7) is -0.466. The van der Waals surface area contributed by atoms with Gasteiger partial charge < -0.3 is 10.1 Å². The van der Waals surface area contributed by atoms with Crippen molar-refractivity contribution in [1.82, 2.24) is 0 Å². The number of benzene rings is 2. The Morgan fingerprint density at radius 3 is 2.44 bits per heavy atom. The van der Waals surface area contributed by atoms with Gasteiger partial charge in [-0.15, -0.1) is 0 Å². The fourth-order valence-corrected chi connectivity index (χ4v) is 2.98. The average Bonchev–Trinajstić information content (AvgIpc) is 3.00. The Balaban J connectivity index is 1.62. The summed E-state index contributed by atoms with van der Waals surface area (Å²) in [6, 6.07) is 13.0. The van der Waals surface area contributed by atoms with Gasteiger partial charge in [-0.1, -0.05) is 18.2 Å². The maximum absolute atomic E-state index is 12.2. The van der Waals surface area contributed by atoms with Crippen LogP contribution in [0.4, 0.5) is 11.4 Å². The van der Waals surface area contributed by atoms with Crippen molar-refractivity contribution in [3.63, 3.8) is 0 Å². The first kappa shape index (κ1) is 18.8. The number of halogens is 1. The number of esters is 1.